The molecule has 2 aromatic heterocycles. The molecule has 2 aliphatic rings. The monoisotopic (exact) mass is 344 g/mol. The maximum absolute atomic E-state index is 11.3. The number of aliphatic hydroxyl groups excluding tert-OH is 1. The van der Waals surface area contributed by atoms with Gasteiger partial charge in [-0.05, 0) is 42.9 Å². The first-order valence-electron chi connectivity index (χ1n) is 8.84. The van der Waals surface area contributed by atoms with Crippen molar-refractivity contribution < 1.29 is 14.3 Å². The number of nitrogens with zero attached hydrogens (tertiary/aromatic N) is 2. The number of amides is 1. The lowest BCUT2D eigenvalue weighted by molar-refractivity contribution is -0.121. The molecule has 134 valence electrons. The van der Waals surface area contributed by atoms with E-state index in [0.717, 1.165) is 49.7 Å². The molecule has 0 unspecified atom stereocenters. The van der Waals surface area contributed by atoms with Gasteiger partial charge in [0.1, 0.15) is 11.5 Å². The maximum atomic E-state index is 11.3. The van der Waals surface area contributed by atoms with Crippen LogP contribution >= 0.6 is 0 Å². The summed E-state index contributed by atoms with van der Waals surface area (Å²) < 4.78 is 5.92. The number of carbonyl (C=O) groups excluding carboxylic acids is 1. The topological polar surface area (TPSA) is 94.4 Å². The Bertz CT molecular complexity index is 727. The van der Waals surface area contributed by atoms with Crippen molar-refractivity contribution in [1.29, 1.82) is 0 Å². The molecule has 25 heavy (non-hydrogen) atoms. The lowest BCUT2D eigenvalue weighted by Gasteiger charge is -2.35. The summed E-state index contributed by atoms with van der Waals surface area (Å²) in [5.41, 5.74) is 0.877. The minimum Gasteiger partial charge on any atom is -0.458 e. The summed E-state index contributed by atoms with van der Waals surface area (Å²) in [7, 11) is 0. The Morgan fingerprint density at radius 2 is 2.16 bits per heavy atom. The first-order chi connectivity index (χ1) is 12.1. The van der Waals surface area contributed by atoms with E-state index in [9.17, 15) is 9.90 Å². The van der Waals surface area contributed by atoms with Crippen LogP contribution in [0.5, 0.6) is 0 Å². The number of H-pyrrole nitrogens is 1. The van der Waals surface area contributed by atoms with Gasteiger partial charge in [-0.15, -0.1) is 0 Å². The van der Waals surface area contributed by atoms with Crippen molar-refractivity contribution in [3.05, 3.63) is 30.2 Å². The van der Waals surface area contributed by atoms with Gasteiger partial charge in [-0.25, -0.2) is 0 Å². The zero-order chi connectivity index (χ0) is 17.4. The highest BCUT2D eigenvalue weighted by Crippen LogP contribution is 2.37. The summed E-state index contributed by atoms with van der Waals surface area (Å²) in [6.07, 6.45) is 2.86. The molecule has 1 saturated carbocycles. The van der Waals surface area contributed by atoms with E-state index in [-0.39, 0.29) is 11.9 Å². The molecule has 0 spiro atoms. The molecule has 1 aliphatic carbocycles. The number of aromatic amines is 1. The van der Waals surface area contributed by atoms with Gasteiger partial charge in [0.15, 0.2) is 5.76 Å². The first kappa shape index (κ1) is 16.4. The summed E-state index contributed by atoms with van der Waals surface area (Å²) in [6.45, 7) is 4.22. The molecule has 1 aliphatic heterocycles. The molecule has 7 heteroatoms. The minimum atomic E-state index is -0.444. The quantitative estimate of drug-likeness (QED) is 0.779. The molecule has 7 nitrogen and oxygen atoms in total. The summed E-state index contributed by atoms with van der Waals surface area (Å²) >= 11 is 0. The highest BCUT2D eigenvalue weighted by Gasteiger charge is 2.41. The van der Waals surface area contributed by atoms with E-state index in [1.165, 1.54) is 6.92 Å². The third kappa shape index (κ3) is 3.48. The van der Waals surface area contributed by atoms with Gasteiger partial charge in [0, 0.05) is 26.2 Å². The number of aliphatic hydroxyl groups is 1. The number of hydrogen-bond acceptors (Lipinski definition) is 5. The van der Waals surface area contributed by atoms with Crippen LogP contribution in [0.25, 0.3) is 11.5 Å². The highest BCUT2D eigenvalue weighted by atomic mass is 16.3. The number of nitrogens with one attached hydrogen (secondary N) is 2. The van der Waals surface area contributed by atoms with Gasteiger partial charge in [-0.3, -0.25) is 14.8 Å². The van der Waals surface area contributed by atoms with Gasteiger partial charge < -0.3 is 14.8 Å². The smallest absolute Gasteiger partial charge is 0.217 e. The third-order valence-electron chi connectivity index (χ3n) is 5.41. The molecule has 2 aromatic rings. The summed E-state index contributed by atoms with van der Waals surface area (Å²) in [4.78, 5) is 13.7. The number of aromatic nitrogens is 2. The standard InChI is InChI=1S/C18H24N4O3/c1-11(23)20-16-6-12-8-22(9-13(12)7-17(16)24)10-14-2-3-18(25-14)15-4-5-19-21-15/h2-5,12-13,16-17,24H,6-10H2,1H3,(H,19,21)(H,20,23)/t12-,13+,16-,17-/m1/s1. The van der Waals surface area contributed by atoms with Crippen LogP contribution in [-0.4, -0.2) is 51.3 Å². The zero-order valence-electron chi connectivity index (χ0n) is 14.3. The van der Waals surface area contributed by atoms with E-state index in [4.69, 9.17) is 4.42 Å². The third-order valence-corrected chi connectivity index (χ3v) is 5.41. The molecule has 2 fully saturated rings. The minimum absolute atomic E-state index is 0.0701. The van der Waals surface area contributed by atoms with Gasteiger partial charge in [0.25, 0.3) is 0 Å². The number of likely N-dealkylation sites (tertiary alicyclic amines) is 1. The molecule has 0 aromatic carbocycles. The van der Waals surface area contributed by atoms with Gasteiger partial charge in [-0.1, -0.05) is 0 Å². The SMILES string of the molecule is CC(=O)N[C@@H]1C[C@@H]2CN(Cc3ccc(-c4ccn[nH]4)o3)C[C@@H]2C[C@H]1O. The van der Waals surface area contributed by atoms with Gasteiger partial charge in [-0.2, -0.15) is 5.10 Å². The predicted molar refractivity (Wildman–Crippen MR) is 91.4 cm³/mol. The van der Waals surface area contributed by atoms with E-state index in [1.54, 1.807) is 6.20 Å². The fourth-order valence-corrected chi connectivity index (χ4v) is 4.29. The predicted octanol–water partition coefficient (Wildman–Crippen LogP) is 1.38. The van der Waals surface area contributed by atoms with Gasteiger partial charge >= 0.3 is 0 Å². The Balaban J connectivity index is 1.37. The van der Waals surface area contributed by atoms with Crippen LogP contribution in [0, 0.1) is 11.8 Å². The molecule has 4 atom stereocenters. The summed E-state index contributed by atoms with van der Waals surface area (Å²) in [5, 5.41) is 20.0. The molecule has 3 N–H and O–H groups in total. The average molecular weight is 344 g/mol. The number of furan rings is 1. The number of hydrogen-bond donors (Lipinski definition) is 3. The van der Waals surface area contributed by atoms with Crippen LogP contribution in [0.3, 0.4) is 0 Å². The van der Waals surface area contributed by atoms with Crippen LogP contribution in [0.4, 0.5) is 0 Å². The van der Waals surface area contributed by atoms with Gasteiger partial charge in [0.05, 0.1) is 18.7 Å². The normalized spacial score (nSPS) is 29.5. The first-order valence-corrected chi connectivity index (χ1v) is 8.84. The second kappa shape index (κ2) is 6.65. The molecule has 3 heterocycles. The van der Waals surface area contributed by atoms with Gasteiger partial charge in [0.2, 0.25) is 5.91 Å². The van der Waals surface area contributed by atoms with Crippen molar-refractivity contribution in [2.45, 2.75) is 38.5 Å². The van der Waals surface area contributed by atoms with Crippen molar-refractivity contribution >= 4 is 5.91 Å². The number of carbonyl (C=O) groups is 1. The molecule has 4 rings (SSSR count). The molecular weight excluding hydrogens is 320 g/mol. The van der Waals surface area contributed by atoms with E-state index >= 15 is 0 Å². The van der Waals surface area contributed by atoms with E-state index in [2.05, 4.69) is 20.4 Å². The fourth-order valence-electron chi connectivity index (χ4n) is 4.29. The van der Waals surface area contributed by atoms with E-state index < -0.39 is 6.10 Å². The van der Waals surface area contributed by atoms with E-state index in [0.29, 0.717) is 11.8 Å². The van der Waals surface area contributed by atoms with E-state index in [1.807, 2.05) is 18.2 Å². The second-order valence-electron chi connectivity index (χ2n) is 7.30. The highest BCUT2D eigenvalue weighted by molar-refractivity contribution is 5.73. The Labute approximate surface area is 146 Å². The molecule has 1 saturated heterocycles. The molecule has 0 radical (unpaired) electrons. The maximum Gasteiger partial charge on any atom is 0.217 e. The lowest BCUT2D eigenvalue weighted by Crippen LogP contribution is -2.48. The number of rotatable bonds is 4. The van der Waals surface area contributed by atoms with Crippen molar-refractivity contribution in [1.82, 2.24) is 20.4 Å². The van der Waals surface area contributed by atoms with Crippen molar-refractivity contribution in [2.24, 2.45) is 11.8 Å². The van der Waals surface area contributed by atoms with Crippen molar-refractivity contribution in [2.75, 3.05) is 13.1 Å². The van der Waals surface area contributed by atoms with Crippen molar-refractivity contribution in [3.63, 3.8) is 0 Å². The Hall–Kier alpha value is -2.12. The zero-order valence-corrected chi connectivity index (χ0v) is 14.3. The lowest BCUT2D eigenvalue weighted by atomic mass is 9.77. The van der Waals surface area contributed by atoms with Crippen LogP contribution in [-0.2, 0) is 11.3 Å². The summed E-state index contributed by atoms with van der Waals surface area (Å²) in [6, 6.07) is 5.74. The molecule has 1 amide bonds. The largest absolute Gasteiger partial charge is 0.458 e. The van der Waals surface area contributed by atoms with Crippen LogP contribution in [0.1, 0.15) is 25.5 Å². The fraction of sp³-hybridized carbons (Fsp3) is 0.556. The second-order valence-corrected chi connectivity index (χ2v) is 7.30. The van der Waals surface area contributed by atoms with Crippen LogP contribution in [0.15, 0.2) is 28.8 Å². The number of fused-ring (bicyclic) bond motifs is 1. The summed E-state index contributed by atoms with van der Waals surface area (Å²) in [5.74, 6) is 2.66. The average Bonchev–Trinajstić information content (AvgIpc) is 3.27. The van der Waals surface area contributed by atoms with Crippen LogP contribution in [0.2, 0.25) is 0 Å². The molecule has 0 bridgehead atoms. The Morgan fingerprint density at radius 3 is 2.88 bits per heavy atom. The Kier molecular flexibility index (Phi) is 4.35. The Morgan fingerprint density at radius 1 is 1.36 bits per heavy atom. The molecular formula is C18H24N4O3. The van der Waals surface area contributed by atoms with Crippen LogP contribution < -0.4 is 5.32 Å². The van der Waals surface area contributed by atoms with Crippen molar-refractivity contribution in [3.8, 4) is 11.5 Å².